The summed E-state index contributed by atoms with van der Waals surface area (Å²) in [5, 5.41) is 9.65. The van der Waals surface area contributed by atoms with Gasteiger partial charge in [-0.15, -0.1) is 0 Å². The Labute approximate surface area is 96.8 Å². The third-order valence-corrected chi connectivity index (χ3v) is 2.94. The van der Waals surface area contributed by atoms with E-state index in [0.717, 1.165) is 5.03 Å². The van der Waals surface area contributed by atoms with Gasteiger partial charge in [0.15, 0.2) is 0 Å². The molecule has 0 aliphatic carbocycles. The quantitative estimate of drug-likeness (QED) is 0.794. The molecule has 0 saturated carbocycles. The maximum Gasteiger partial charge on any atom is 0.124 e. The number of nitrogens with zero attached hydrogens (tertiary/aromatic N) is 2. The molecule has 0 radical (unpaired) electrons. The van der Waals surface area contributed by atoms with Gasteiger partial charge in [-0.3, -0.25) is 0 Å². The number of benzene rings is 1. The van der Waals surface area contributed by atoms with E-state index in [4.69, 9.17) is 5.26 Å². The first-order chi connectivity index (χ1) is 7.79. The monoisotopic (exact) mass is 230 g/mol. The summed E-state index contributed by atoms with van der Waals surface area (Å²) in [5.41, 5.74) is 0.329. The fourth-order valence-corrected chi connectivity index (χ4v) is 2.03. The maximum absolute atomic E-state index is 12.9. The molecule has 0 spiro atoms. The van der Waals surface area contributed by atoms with Crippen LogP contribution in [0, 0.1) is 17.1 Å². The van der Waals surface area contributed by atoms with Crippen molar-refractivity contribution in [2.24, 2.45) is 0 Å². The van der Waals surface area contributed by atoms with Crippen molar-refractivity contribution < 1.29 is 4.39 Å². The van der Waals surface area contributed by atoms with Crippen LogP contribution in [0.3, 0.4) is 0 Å². The van der Waals surface area contributed by atoms with Crippen molar-refractivity contribution in [3.63, 3.8) is 0 Å². The predicted molar refractivity (Wildman–Crippen MR) is 59.5 cm³/mol. The second-order valence-electron chi connectivity index (χ2n) is 3.02. The Morgan fingerprint density at radius 3 is 2.81 bits per heavy atom. The lowest BCUT2D eigenvalue weighted by Gasteiger charge is -2.02. The van der Waals surface area contributed by atoms with E-state index in [9.17, 15) is 4.39 Å². The molecule has 0 atom stereocenters. The Bertz CT molecular complexity index is 534. The third kappa shape index (κ3) is 2.38. The van der Waals surface area contributed by atoms with Gasteiger partial charge in [0.25, 0.3) is 0 Å². The topological polar surface area (TPSA) is 36.7 Å². The van der Waals surface area contributed by atoms with Gasteiger partial charge in [0, 0.05) is 11.1 Å². The van der Waals surface area contributed by atoms with Gasteiger partial charge in [-0.05, 0) is 30.3 Å². The lowest BCUT2D eigenvalue weighted by Crippen LogP contribution is -1.85. The van der Waals surface area contributed by atoms with Gasteiger partial charge < -0.3 is 0 Å². The van der Waals surface area contributed by atoms with Crippen LogP contribution >= 0.6 is 11.8 Å². The zero-order valence-corrected chi connectivity index (χ0v) is 9.04. The molecule has 0 saturated heterocycles. The molecule has 1 aromatic carbocycles. The van der Waals surface area contributed by atoms with Gasteiger partial charge in [0.1, 0.15) is 16.9 Å². The van der Waals surface area contributed by atoms with Crippen molar-refractivity contribution in [1.29, 1.82) is 5.26 Å². The summed E-state index contributed by atoms with van der Waals surface area (Å²) < 4.78 is 12.9. The minimum absolute atomic E-state index is 0.329. The molecule has 0 aliphatic rings. The summed E-state index contributed by atoms with van der Waals surface area (Å²) in [7, 11) is 0. The molecule has 0 bridgehead atoms. The van der Waals surface area contributed by atoms with E-state index in [1.165, 1.54) is 23.9 Å². The Balaban J connectivity index is 2.32. The van der Waals surface area contributed by atoms with Crippen LogP contribution in [-0.2, 0) is 0 Å². The first-order valence-electron chi connectivity index (χ1n) is 4.58. The highest BCUT2D eigenvalue weighted by atomic mass is 32.2. The van der Waals surface area contributed by atoms with E-state index in [1.54, 1.807) is 12.3 Å². The third-order valence-electron chi connectivity index (χ3n) is 1.91. The van der Waals surface area contributed by atoms with Gasteiger partial charge >= 0.3 is 0 Å². The van der Waals surface area contributed by atoms with Gasteiger partial charge in [0.05, 0.1) is 5.56 Å². The number of aromatic nitrogens is 1. The molecule has 1 heterocycles. The largest absolute Gasteiger partial charge is 0.250 e. The fraction of sp³-hybridized carbons (Fsp3) is 0. The van der Waals surface area contributed by atoms with Crippen LogP contribution in [0.1, 0.15) is 5.56 Å². The summed E-state index contributed by atoms with van der Waals surface area (Å²) >= 11 is 1.35. The molecule has 0 unspecified atom stereocenters. The molecule has 2 rings (SSSR count). The zero-order valence-electron chi connectivity index (χ0n) is 8.22. The number of halogens is 1. The van der Waals surface area contributed by atoms with Crippen molar-refractivity contribution in [2.45, 2.75) is 9.92 Å². The van der Waals surface area contributed by atoms with Crippen molar-refractivity contribution >= 4 is 11.8 Å². The average Bonchev–Trinajstić information content (AvgIpc) is 2.33. The van der Waals surface area contributed by atoms with E-state index in [0.29, 0.717) is 10.5 Å². The number of nitriles is 1. The Kier molecular flexibility index (Phi) is 3.18. The van der Waals surface area contributed by atoms with Gasteiger partial charge in [0.2, 0.25) is 0 Å². The molecular formula is C12H7FN2S. The van der Waals surface area contributed by atoms with E-state index in [1.807, 2.05) is 24.3 Å². The lowest BCUT2D eigenvalue weighted by molar-refractivity contribution is 0.626. The summed E-state index contributed by atoms with van der Waals surface area (Å²) in [6.07, 6.45) is 1.68. The van der Waals surface area contributed by atoms with Gasteiger partial charge in [-0.2, -0.15) is 5.26 Å². The van der Waals surface area contributed by atoms with Gasteiger partial charge in [-0.1, -0.05) is 17.8 Å². The van der Waals surface area contributed by atoms with E-state index >= 15 is 0 Å². The first-order valence-corrected chi connectivity index (χ1v) is 5.40. The number of rotatable bonds is 2. The van der Waals surface area contributed by atoms with Crippen molar-refractivity contribution in [2.75, 3.05) is 0 Å². The second kappa shape index (κ2) is 4.77. The molecule has 16 heavy (non-hydrogen) atoms. The smallest absolute Gasteiger partial charge is 0.124 e. The molecule has 0 fully saturated rings. The Hall–Kier alpha value is -1.86. The molecular weight excluding hydrogens is 223 g/mol. The molecule has 2 aromatic rings. The van der Waals surface area contributed by atoms with E-state index in [-0.39, 0.29) is 0 Å². The summed E-state index contributed by atoms with van der Waals surface area (Å²) in [6.45, 7) is 0. The van der Waals surface area contributed by atoms with Gasteiger partial charge in [-0.25, -0.2) is 9.37 Å². The van der Waals surface area contributed by atoms with Crippen LogP contribution < -0.4 is 0 Å². The standard InChI is InChI=1S/C12H7FN2S/c13-10-4-5-11(9(7-10)8-14)16-12-3-1-2-6-15-12/h1-7H. The summed E-state index contributed by atoms with van der Waals surface area (Å²) in [4.78, 5) is 4.84. The van der Waals surface area contributed by atoms with Crippen LogP contribution in [0.4, 0.5) is 4.39 Å². The number of hydrogen-bond acceptors (Lipinski definition) is 3. The van der Waals surface area contributed by atoms with Crippen LogP contribution in [0.5, 0.6) is 0 Å². The average molecular weight is 230 g/mol. The van der Waals surface area contributed by atoms with Crippen molar-refractivity contribution in [3.05, 3.63) is 54.0 Å². The fourth-order valence-electron chi connectivity index (χ4n) is 1.20. The maximum atomic E-state index is 12.9. The SMILES string of the molecule is N#Cc1cc(F)ccc1Sc1ccccn1. The molecule has 4 heteroatoms. The molecule has 1 aromatic heterocycles. The number of hydrogen-bond donors (Lipinski definition) is 0. The Morgan fingerprint density at radius 2 is 2.12 bits per heavy atom. The highest BCUT2D eigenvalue weighted by Crippen LogP contribution is 2.28. The number of pyridine rings is 1. The minimum Gasteiger partial charge on any atom is -0.250 e. The predicted octanol–water partition coefficient (Wildman–Crippen LogP) is 3.24. The summed E-state index contributed by atoms with van der Waals surface area (Å²) in [6, 6.07) is 11.7. The van der Waals surface area contributed by atoms with Crippen molar-refractivity contribution in [3.8, 4) is 6.07 Å². The normalized spacial score (nSPS) is 9.75. The van der Waals surface area contributed by atoms with E-state index < -0.39 is 5.82 Å². The van der Waals surface area contributed by atoms with Crippen molar-refractivity contribution in [1.82, 2.24) is 4.98 Å². The molecule has 0 N–H and O–H groups in total. The summed E-state index contributed by atoms with van der Waals surface area (Å²) in [5.74, 6) is -0.401. The highest BCUT2D eigenvalue weighted by molar-refractivity contribution is 7.99. The van der Waals surface area contributed by atoms with Crippen LogP contribution in [-0.4, -0.2) is 4.98 Å². The molecule has 78 valence electrons. The molecule has 0 aliphatic heterocycles. The molecule has 0 amide bonds. The van der Waals surface area contributed by atoms with Crippen LogP contribution in [0.2, 0.25) is 0 Å². The first kappa shape index (κ1) is 10.7. The molecule has 2 nitrogen and oxygen atoms in total. The highest BCUT2D eigenvalue weighted by Gasteiger charge is 2.05. The van der Waals surface area contributed by atoms with Crippen LogP contribution in [0.15, 0.2) is 52.5 Å². The zero-order chi connectivity index (χ0) is 11.4. The lowest BCUT2D eigenvalue weighted by atomic mass is 10.2. The second-order valence-corrected chi connectivity index (χ2v) is 4.08. The van der Waals surface area contributed by atoms with Crippen LogP contribution in [0.25, 0.3) is 0 Å². The van der Waals surface area contributed by atoms with E-state index in [2.05, 4.69) is 4.98 Å². The minimum atomic E-state index is -0.401. The Morgan fingerprint density at radius 1 is 1.25 bits per heavy atom.